The minimum atomic E-state index is -0.618. The fourth-order valence-corrected chi connectivity index (χ4v) is 4.67. The number of carbonyl (C=O) groups is 1. The molecule has 0 bridgehead atoms. The number of benzene rings is 2. The van der Waals surface area contributed by atoms with Crippen LogP contribution in [0.3, 0.4) is 0 Å². The van der Waals surface area contributed by atoms with E-state index in [1.165, 1.54) is 22.8 Å². The Morgan fingerprint density at radius 3 is 2.73 bits per heavy atom. The summed E-state index contributed by atoms with van der Waals surface area (Å²) in [5.41, 5.74) is 1.24. The van der Waals surface area contributed by atoms with Gasteiger partial charge < -0.3 is 14.4 Å². The molecule has 190 valence electrons. The highest BCUT2D eigenvalue weighted by Crippen LogP contribution is 2.30. The summed E-state index contributed by atoms with van der Waals surface area (Å²) < 4.78 is 29.7. The number of imidazole rings is 1. The average molecular weight is 503 g/mol. The van der Waals surface area contributed by atoms with Crippen LogP contribution >= 0.6 is 0 Å². The van der Waals surface area contributed by atoms with Crippen molar-refractivity contribution in [2.75, 3.05) is 13.1 Å². The normalized spacial score (nSPS) is 15.4. The smallest absolute Gasteiger partial charge is 0.334 e. The number of pyridine rings is 1. The number of nitrogens with zero attached hydrogens (tertiary/aromatic N) is 4. The van der Waals surface area contributed by atoms with Gasteiger partial charge in [0.05, 0.1) is 35.1 Å². The maximum Gasteiger partial charge on any atom is 0.334 e. The van der Waals surface area contributed by atoms with Gasteiger partial charge in [-0.15, -0.1) is 0 Å². The summed E-state index contributed by atoms with van der Waals surface area (Å²) in [5.74, 6) is 0.293. The number of fused-ring (bicyclic) bond motifs is 1. The number of hydrogen-bond acceptors (Lipinski definition) is 5. The predicted octanol–water partition coefficient (Wildman–Crippen LogP) is 4.87. The molecule has 3 heterocycles. The third-order valence-corrected chi connectivity index (χ3v) is 6.27. The molecule has 0 unspecified atom stereocenters. The molecule has 0 radical (unpaired) electrons. The number of ether oxygens (including phenoxy) is 2. The van der Waals surface area contributed by atoms with E-state index in [-0.39, 0.29) is 29.5 Å². The van der Waals surface area contributed by atoms with Crippen LogP contribution in [0.4, 0.5) is 4.39 Å². The van der Waals surface area contributed by atoms with Crippen molar-refractivity contribution in [3.63, 3.8) is 0 Å². The van der Waals surface area contributed by atoms with Crippen LogP contribution in [0.15, 0.2) is 78.4 Å². The summed E-state index contributed by atoms with van der Waals surface area (Å²) in [6.45, 7) is 8.32. The Morgan fingerprint density at radius 1 is 1.16 bits per heavy atom. The summed E-state index contributed by atoms with van der Waals surface area (Å²) in [7, 11) is 0. The van der Waals surface area contributed by atoms with E-state index in [1.54, 1.807) is 58.3 Å². The minimum absolute atomic E-state index is 0.00372. The van der Waals surface area contributed by atoms with E-state index >= 15 is 4.39 Å². The lowest BCUT2D eigenvalue weighted by Gasteiger charge is -2.15. The van der Waals surface area contributed by atoms with E-state index in [0.29, 0.717) is 47.7 Å². The van der Waals surface area contributed by atoms with Crippen LogP contribution in [0.25, 0.3) is 16.7 Å². The molecule has 8 nitrogen and oxygen atoms in total. The first-order valence-corrected chi connectivity index (χ1v) is 12.1. The molecule has 0 N–H and O–H groups in total. The molecule has 0 saturated carbocycles. The Balaban J connectivity index is 1.48. The molecule has 0 aliphatic carbocycles. The van der Waals surface area contributed by atoms with E-state index in [9.17, 15) is 9.59 Å². The number of rotatable bonds is 7. The topological polar surface area (TPSA) is 78.6 Å². The molecule has 1 aliphatic heterocycles. The Kier molecular flexibility index (Phi) is 6.52. The fraction of sp³-hybridized carbons (Fsp3) is 0.250. The van der Waals surface area contributed by atoms with Gasteiger partial charge in [0, 0.05) is 31.4 Å². The second-order valence-electron chi connectivity index (χ2n) is 9.14. The summed E-state index contributed by atoms with van der Waals surface area (Å²) in [6.07, 6.45) is 5.09. The molecule has 1 atom stereocenters. The van der Waals surface area contributed by atoms with Crippen molar-refractivity contribution in [2.24, 2.45) is 0 Å². The number of likely N-dealkylation sites (tertiary alicyclic amines) is 1. The van der Waals surface area contributed by atoms with E-state index in [1.807, 2.05) is 13.8 Å². The van der Waals surface area contributed by atoms with Gasteiger partial charge in [-0.2, -0.15) is 0 Å². The molecule has 5 rings (SSSR count). The molecule has 1 aliphatic rings. The average Bonchev–Trinajstić information content (AvgIpc) is 3.46. The lowest BCUT2D eigenvalue weighted by Crippen LogP contribution is -2.31. The third-order valence-electron chi connectivity index (χ3n) is 6.27. The zero-order valence-corrected chi connectivity index (χ0v) is 20.6. The molecule has 1 fully saturated rings. The first-order chi connectivity index (χ1) is 17.9. The van der Waals surface area contributed by atoms with E-state index < -0.39 is 5.82 Å². The zero-order chi connectivity index (χ0) is 26.1. The first-order valence-electron chi connectivity index (χ1n) is 12.1. The molecule has 37 heavy (non-hydrogen) atoms. The monoisotopic (exact) mass is 502 g/mol. The highest BCUT2D eigenvalue weighted by atomic mass is 19.1. The lowest BCUT2D eigenvalue weighted by atomic mass is 10.2. The minimum Gasteiger partial charge on any atom is -0.491 e. The van der Waals surface area contributed by atoms with Gasteiger partial charge in [0.2, 0.25) is 5.91 Å². The van der Waals surface area contributed by atoms with Gasteiger partial charge >= 0.3 is 5.69 Å². The number of aromatic nitrogens is 3. The largest absolute Gasteiger partial charge is 0.491 e. The third kappa shape index (κ3) is 4.72. The standard InChI is InChI=1S/C28H27FN4O4/c1-4-27(34)31-13-11-20(17-31)33-24-10-12-30-16-25(24)32(28(33)35)19-8-9-26(23(29)14-19)37-22-7-5-6-21(15-22)36-18(2)3/h4-10,12,14-16,18,20H,1,11,13,17H2,2-3H3/t20-/m1/s1. The molecule has 4 aromatic rings. The Labute approximate surface area is 213 Å². The van der Waals surface area contributed by atoms with Crippen molar-refractivity contribution in [3.8, 4) is 22.9 Å². The van der Waals surface area contributed by atoms with Gasteiger partial charge in [-0.1, -0.05) is 12.6 Å². The van der Waals surface area contributed by atoms with Gasteiger partial charge in [-0.3, -0.25) is 18.9 Å². The highest BCUT2D eigenvalue weighted by Gasteiger charge is 2.30. The van der Waals surface area contributed by atoms with Crippen molar-refractivity contribution in [1.29, 1.82) is 0 Å². The van der Waals surface area contributed by atoms with E-state index in [4.69, 9.17) is 9.47 Å². The molecular weight excluding hydrogens is 475 g/mol. The van der Waals surface area contributed by atoms with Crippen molar-refractivity contribution in [3.05, 3.63) is 89.9 Å². The van der Waals surface area contributed by atoms with Crippen molar-refractivity contribution in [2.45, 2.75) is 32.4 Å². The van der Waals surface area contributed by atoms with Crippen LogP contribution < -0.4 is 15.2 Å². The number of halogens is 1. The second kappa shape index (κ2) is 9.93. The van der Waals surface area contributed by atoms with Crippen LogP contribution in [-0.4, -0.2) is 44.1 Å². The van der Waals surface area contributed by atoms with Crippen molar-refractivity contribution >= 4 is 16.9 Å². The second-order valence-corrected chi connectivity index (χ2v) is 9.14. The Hall–Kier alpha value is -4.40. The quantitative estimate of drug-likeness (QED) is 0.337. The van der Waals surface area contributed by atoms with Crippen molar-refractivity contribution in [1.82, 2.24) is 19.0 Å². The molecule has 1 saturated heterocycles. The highest BCUT2D eigenvalue weighted by molar-refractivity contribution is 5.87. The fourth-order valence-electron chi connectivity index (χ4n) is 4.67. The zero-order valence-electron chi connectivity index (χ0n) is 20.6. The maximum atomic E-state index is 15.2. The van der Waals surface area contributed by atoms with Crippen LogP contribution in [0.1, 0.15) is 26.3 Å². The summed E-state index contributed by atoms with van der Waals surface area (Å²) in [4.78, 5) is 31.6. The van der Waals surface area contributed by atoms with E-state index in [0.717, 1.165) is 0 Å². The molecule has 1 amide bonds. The first kappa shape index (κ1) is 24.3. The summed E-state index contributed by atoms with van der Waals surface area (Å²) in [5, 5.41) is 0. The van der Waals surface area contributed by atoms with Gasteiger partial charge in [0.15, 0.2) is 11.6 Å². The Bertz CT molecular complexity index is 1540. The summed E-state index contributed by atoms with van der Waals surface area (Å²) >= 11 is 0. The molecule has 2 aromatic heterocycles. The number of hydrogen-bond donors (Lipinski definition) is 0. The molecule has 9 heteroatoms. The van der Waals surface area contributed by atoms with Crippen LogP contribution in [-0.2, 0) is 4.79 Å². The van der Waals surface area contributed by atoms with Gasteiger partial charge in [-0.05, 0) is 56.7 Å². The van der Waals surface area contributed by atoms with E-state index in [2.05, 4.69) is 11.6 Å². The molecule has 2 aromatic carbocycles. The number of carbonyl (C=O) groups excluding carboxylic acids is 1. The number of amides is 1. The van der Waals surface area contributed by atoms with Gasteiger partial charge in [0.1, 0.15) is 11.5 Å². The Morgan fingerprint density at radius 2 is 1.97 bits per heavy atom. The van der Waals surface area contributed by atoms with Gasteiger partial charge in [0.25, 0.3) is 0 Å². The van der Waals surface area contributed by atoms with Crippen LogP contribution in [0.2, 0.25) is 0 Å². The van der Waals surface area contributed by atoms with Crippen LogP contribution in [0.5, 0.6) is 17.2 Å². The lowest BCUT2D eigenvalue weighted by molar-refractivity contribution is -0.125. The van der Waals surface area contributed by atoms with Crippen LogP contribution in [0, 0.1) is 5.82 Å². The van der Waals surface area contributed by atoms with Gasteiger partial charge in [-0.25, -0.2) is 9.18 Å². The predicted molar refractivity (Wildman–Crippen MR) is 138 cm³/mol. The molecule has 0 spiro atoms. The SMILES string of the molecule is C=CC(=O)N1CC[C@@H](n2c(=O)n(-c3ccc(Oc4cccc(OC(C)C)c4)c(F)c3)c3cnccc32)C1. The molecular formula is C28H27FN4O4. The summed E-state index contributed by atoms with van der Waals surface area (Å²) in [6, 6.07) is 12.9. The van der Waals surface area contributed by atoms with Crippen molar-refractivity contribution < 1.29 is 18.7 Å². The maximum absolute atomic E-state index is 15.2.